The fourth-order valence-electron chi connectivity index (χ4n) is 1.77. The van der Waals surface area contributed by atoms with E-state index in [2.05, 4.69) is 30.9 Å². The van der Waals surface area contributed by atoms with Crippen LogP contribution in [-0.2, 0) is 10.9 Å². The maximum atomic E-state index is 14.2. The van der Waals surface area contributed by atoms with Crippen molar-refractivity contribution in [1.82, 2.24) is 15.4 Å². The maximum Gasteiger partial charge on any atom is 0.419 e. The van der Waals surface area contributed by atoms with Crippen LogP contribution in [0.25, 0.3) is 11.3 Å². The SMILES string of the molecule is CCOC(=O)c1n[nH]nc1-c1c(F)c(Br)cc(C(F)(F)F)c1F. The minimum absolute atomic E-state index is 0.0671. The second-order valence-electron chi connectivity index (χ2n) is 4.15. The van der Waals surface area contributed by atoms with Crippen LogP contribution in [0.5, 0.6) is 0 Å². The van der Waals surface area contributed by atoms with E-state index in [0.29, 0.717) is 0 Å². The number of hydrogen-bond acceptors (Lipinski definition) is 4. The summed E-state index contributed by atoms with van der Waals surface area (Å²) in [6, 6.07) is 0.262. The van der Waals surface area contributed by atoms with Gasteiger partial charge >= 0.3 is 12.1 Å². The highest BCUT2D eigenvalue weighted by Gasteiger charge is 2.38. The van der Waals surface area contributed by atoms with Gasteiger partial charge in [-0.25, -0.2) is 13.6 Å². The highest BCUT2D eigenvalue weighted by molar-refractivity contribution is 9.10. The summed E-state index contributed by atoms with van der Waals surface area (Å²) in [4.78, 5) is 11.7. The molecule has 0 amide bonds. The lowest BCUT2D eigenvalue weighted by Crippen LogP contribution is -2.12. The molecule has 5 nitrogen and oxygen atoms in total. The summed E-state index contributed by atoms with van der Waals surface area (Å²) in [5.41, 5.74) is -4.19. The molecule has 0 bridgehead atoms. The normalized spacial score (nSPS) is 11.6. The van der Waals surface area contributed by atoms with E-state index < -0.39 is 50.8 Å². The number of nitrogens with one attached hydrogen (secondary N) is 1. The number of hydrogen-bond donors (Lipinski definition) is 1. The summed E-state index contributed by atoms with van der Waals surface area (Å²) < 4.78 is 70.8. The molecule has 0 aliphatic rings. The summed E-state index contributed by atoms with van der Waals surface area (Å²) in [6.07, 6.45) is -5.07. The number of rotatable bonds is 3. The molecule has 1 N–H and O–H groups in total. The molecule has 0 aliphatic heterocycles. The average molecular weight is 400 g/mol. The van der Waals surface area contributed by atoms with Crippen LogP contribution in [0, 0.1) is 11.6 Å². The van der Waals surface area contributed by atoms with Gasteiger partial charge in [-0.05, 0) is 28.9 Å². The molecule has 0 atom stereocenters. The Labute approximate surface area is 134 Å². The molecule has 2 rings (SSSR count). The lowest BCUT2D eigenvalue weighted by atomic mass is 10.0. The van der Waals surface area contributed by atoms with E-state index in [1.165, 1.54) is 6.92 Å². The van der Waals surface area contributed by atoms with Gasteiger partial charge in [0.2, 0.25) is 0 Å². The number of halogens is 6. The first kappa shape index (κ1) is 17.3. The molecule has 0 fully saturated rings. The molecule has 1 aromatic carbocycles. The quantitative estimate of drug-likeness (QED) is 0.485. The fraction of sp³-hybridized carbons (Fsp3) is 0.250. The van der Waals surface area contributed by atoms with E-state index in [1.807, 2.05) is 5.21 Å². The van der Waals surface area contributed by atoms with Gasteiger partial charge in [0, 0.05) is 0 Å². The summed E-state index contributed by atoms with van der Waals surface area (Å²) in [7, 11) is 0. The predicted molar refractivity (Wildman–Crippen MR) is 70.4 cm³/mol. The van der Waals surface area contributed by atoms with Crippen molar-refractivity contribution in [3.8, 4) is 11.3 Å². The minimum Gasteiger partial charge on any atom is -0.461 e. The third kappa shape index (κ3) is 3.19. The minimum atomic E-state index is -5.07. The number of aromatic nitrogens is 3. The standard InChI is InChI=1S/C12H7BrF5N3O2/c1-2-23-11(22)10-9(19-21-20-10)6-7(14)4(12(16,17)18)3-5(13)8(6)15/h3H,2H2,1H3,(H,19,20,21). The van der Waals surface area contributed by atoms with E-state index in [1.54, 1.807) is 0 Å². The maximum absolute atomic E-state index is 14.2. The molecule has 1 aromatic heterocycles. The number of carbonyl (C=O) groups excluding carboxylic acids is 1. The van der Waals surface area contributed by atoms with E-state index in [9.17, 15) is 26.7 Å². The molecule has 11 heteroatoms. The van der Waals surface area contributed by atoms with Gasteiger partial charge in [-0.1, -0.05) is 0 Å². The van der Waals surface area contributed by atoms with Crippen LogP contribution in [0.4, 0.5) is 22.0 Å². The van der Waals surface area contributed by atoms with Gasteiger partial charge in [0.15, 0.2) is 5.69 Å². The molecule has 0 aliphatic carbocycles. The Morgan fingerprint density at radius 3 is 2.52 bits per heavy atom. The van der Waals surface area contributed by atoms with Crippen molar-refractivity contribution in [3.05, 3.63) is 33.4 Å². The Morgan fingerprint density at radius 2 is 1.96 bits per heavy atom. The van der Waals surface area contributed by atoms with Crippen molar-refractivity contribution in [2.75, 3.05) is 6.61 Å². The van der Waals surface area contributed by atoms with Gasteiger partial charge in [0.05, 0.1) is 22.2 Å². The van der Waals surface area contributed by atoms with E-state index in [4.69, 9.17) is 0 Å². The zero-order valence-corrected chi connectivity index (χ0v) is 12.8. The van der Waals surface area contributed by atoms with E-state index in [-0.39, 0.29) is 12.7 Å². The third-order valence-corrected chi connectivity index (χ3v) is 3.29. The summed E-state index contributed by atoms with van der Waals surface area (Å²) in [5, 5.41) is 8.68. The Hall–Kier alpha value is -2.04. The van der Waals surface area contributed by atoms with Crippen LogP contribution < -0.4 is 0 Å². The third-order valence-electron chi connectivity index (χ3n) is 2.72. The van der Waals surface area contributed by atoms with Crippen LogP contribution in [0.15, 0.2) is 10.5 Å². The number of H-pyrrole nitrogens is 1. The lowest BCUT2D eigenvalue weighted by Gasteiger charge is -2.13. The number of benzene rings is 1. The monoisotopic (exact) mass is 399 g/mol. The summed E-state index contributed by atoms with van der Waals surface area (Å²) in [5.74, 6) is -4.34. The number of alkyl halides is 3. The Bertz CT molecular complexity index is 760. The highest BCUT2D eigenvalue weighted by atomic mass is 79.9. The van der Waals surface area contributed by atoms with E-state index >= 15 is 0 Å². The zero-order valence-electron chi connectivity index (χ0n) is 11.3. The van der Waals surface area contributed by atoms with Gasteiger partial charge in [-0.2, -0.15) is 23.5 Å². The first-order chi connectivity index (χ1) is 10.7. The summed E-state index contributed by atoms with van der Waals surface area (Å²) >= 11 is 2.59. The molecular formula is C12H7BrF5N3O2. The highest BCUT2D eigenvalue weighted by Crippen LogP contribution is 2.40. The smallest absolute Gasteiger partial charge is 0.419 e. The molecule has 0 unspecified atom stereocenters. The topological polar surface area (TPSA) is 67.9 Å². The first-order valence-corrected chi connectivity index (χ1v) is 6.80. The molecule has 2 aromatic rings. The second kappa shape index (κ2) is 6.22. The molecule has 23 heavy (non-hydrogen) atoms. The van der Waals surface area contributed by atoms with Crippen molar-refractivity contribution in [1.29, 1.82) is 0 Å². The van der Waals surface area contributed by atoms with Crippen LogP contribution in [0.3, 0.4) is 0 Å². The summed E-state index contributed by atoms with van der Waals surface area (Å²) in [6.45, 7) is 1.40. The Morgan fingerprint density at radius 1 is 1.30 bits per heavy atom. The zero-order chi connectivity index (χ0) is 17.4. The average Bonchev–Trinajstić information content (AvgIpc) is 2.91. The lowest BCUT2D eigenvalue weighted by molar-refractivity contribution is -0.140. The molecular weight excluding hydrogens is 393 g/mol. The first-order valence-electron chi connectivity index (χ1n) is 6.01. The number of carbonyl (C=O) groups is 1. The van der Waals surface area contributed by atoms with E-state index in [0.717, 1.165) is 0 Å². The number of nitrogens with zero attached hydrogens (tertiary/aromatic N) is 2. The van der Waals surface area contributed by atoms with Crippen LogP contribution >= 0.6 is 15.9 Å². The fourth-order valence-corrected chi connectivity index (χ4v) is 2.19. The Balaban J connectivity index is 2.73. The van der Waals surface area contributed by atoms with Crippen molar-refractivity contribution in [3.63, 3.8) is 0 Å². The van der Waals surface area contributed by atoms with Crippen molar-refractivity contribution >= 4 is 21.9 Å². The number of aromatic amines is 1. The number of esters is 1. The largest absolute Gasteiger partial charge is 0.461 e. The second-order valence-corrected chi connectivity index (χ2v) is 5.00. The van der Waals surface area contributed by atoms with Gasteiger partial charge in [0.25, 0.3) is 0 Å². The predicted octanol–water partition coefficient (Wildman–Crippen LogP) is 3.71. The molecule has 124 valence electrons. The molecule has 0 saturated heterocycles. The van der Waals surface area contributed by atoms with Gasteiger partial charge in [-0.15, -0.1) is 5.10 Å². The molecule has 0 spiro atoms. The van der Waals surface area contributed by atoms with Gasteiger partial charge in [0.1, 0.15) is 17.3 Å². The van der Waals surface area contributed by atoms with Crippen molar-refractivity contribution < 1.29 is 31.5 Å². The van der Waals surface area contributed by atoms with Crippen LogP contribution in [0.1, 0.15) is 23.0 Å². The molecule has 0 saturated carbocycles. The van der Waals surface area contributed by atoms with Crippen LogP contribution in [0.2, 0.25) is 0 Å². The Kier molecular flexibility index (Phi) is 4.68. The van der Waals surface area contributed by atoms with Gasteiger partial charge in [-0.3, -0.25) is 0 Å². The number of ether oxygens (including phenoxy) is 1. The van der Waals surface area contributed by atoms with Crippen LogP contribution in [-0.4, -0.2) is 28.0 Å². The van der Waals surface area contributed by atoms with Crippen molar-refractivity contribution in [2.45, 2.75) is 13.1 Å². The van der Waals surface area contributed by atoms with Gasteiger partial charge < -0.3 is 4.74 Å². The van der Waals surface area contributed by atoms with Crippen molar-refractivity contribution in [2.24, 2.45) is 0 Å². The molecule has 0 radical (unpaired) electrons. The molecule has 1 heterocycles.